The van der Waals surface area contributed by atoms with E-state index in [0.717, 1.165) is 23.6 Å². The zero-order valence-corrected chi connectivity index (χ0v) is 11.3. The van der Waals surface area contributed by atoms with Gasteiger partial charge in [0.15, 0.2) is 0 Å². The van der Waals surface area contributed by atoms with Crippen LogP contribution in [-0.2, 0) is 13.6 Å². The Bertz CT molecular complexity index is 544. The molecule has 0 radical (unpaired) electrons. The van der Waals surface area contributed by atoms with E-state index in [-0.39, 0.29) is 0 Å². The van der Waals surface area contributed by atoms with E-state index in [2.05, 4.69) is 27.6 Å². The van der Waals surface area contributed by atoms with E-state index in [1.54, 1.807) is 6.20 Å². The molecule has 0 atom stereocenters. The molecule has 0 aromatic carbocycles. The van der Waals surface area contributed by atoms with Gasteiger partial charge in [0, 0.05) is 31.9 Å². The Morgan fingerprint density at radius 1 is 1.22 bits per heavy atom. The lowest BCUT2D eigenvalue weighted by molar-refractivity contribution is 0.730. The summed E-state index contributed by atoms with van der Waals surface area (Å²) in [6.07, 6.45) is 3.62. The minimum Gasteiger partial charge on any atom is -0.387 e. The van der Waals surface area contributed by atoms with Gasteiger partial charge in [-0.05, 0) is 19.9 Å². The van der Waals surface area contributed by atoms with Crippen LogP contribution < -0.4 is 10.6 Å². The van der Waals surface area contributed by atoms with E-state index < -0.39 is 0 Å². The van der Waals surface area contributed by atoms with Crippen LogP contribution in [0.5, 0.6) is 0 Å². The summed E-state index contributed by atoms with van der Waals surface area (Å²) in [5.74, 6) is 0. The molecule has 0 aliphatic heterocycles. The second-order valence-electron chi connectivity index (χ2n) is 4.34. The standard InChI is InChI=1S/C13H19N5/c1-9-13(10(2)18(4)17-9)8-16-12-5-11(14-3)6-15-7-12/h5-7,14,16H,8H2,1-4H3. The van der Waals surface area contributed by atoms with Crippen molar-refractivity contribution in [2.45, 2.75) is 20.4 Å². The maximum Gasteiger partial charge on any atom is 0.0646 e. The number of aromatic nitrogens is 3. The van der Waals surface area contributed by atoms with Crippen molar-refractivity contribution in [3.8, 4) is 0 Å². The summed E-state index contributed by atoms with van der Waals surface area (Å²) in [7, 11) is 3.85. The first-order valence-corrected chi connectivity index (χ1v) is 5.97. The van der Waals surface area contributed by atoms with E-state index in [0.29, 0.717) is 0 Å². The van der Waals surface area contributed by atoms with Crippen LogP contribution in [-0.4, -0.2) is 21.8 Å². The molecule has 2 rings (SSSR count). The third-order valence-corrected chi connectivity index (χ3v) is 3.16. The van der Waals surface area contributed by atoms with Gasteiger partial charge in [-0.3, -0.25) is 9.67 Å². The highest BCUT2D eigenvalue weighted by molar-refractivity contribution is 5.53. The van der Waals surface area contributed by atoms with Gasteiger partial charge >= 0.3 is 0 Å². The topological polar surface area (TPSA) is 54.8 Å². The van der Waals surface area contributed by atoms with Gasteiger partial charge in [-0.2, -0.15) is 5.10 Å². The molecular formula is C13H19N5. The largest absolute Gasteiger partial charge is 0.387 e. The molecule has 96 valence electrons. The average molecular weight is 245 g/mol. The summed E-state index contributed by atoms with van der Waals surface area (Å²) in [6, 6.07) is 2.04. The van der Waals surface area contributed by atoms with Crippen molar-refractivity contribution in [2.75, 3.05) is 17.7 Å². The molecule has 0 saturated carbocycles. The van der Waals surface area contributed by atoms with Crippen molar-refractivity contribution < 1.29 is 0 Å². The zero-order chi connectivity index (χ0) is 13.1. The summed E-state index contributed by atoms with van der Waals surface area (Å²) in [6.45, 7) is 4.88. The SMILES string of the molecule is CNc1cncc(NCc2c(C)nn(C)c2C)c1. The number of aryl methyl sites for hydroxylation is 2. The summed E-state index contributed by atoms with van der Waals surface area (Å²) in [5, 5.41) is 10.9. The van der Waals surface area contributed by atoms with Crippen LogP contribution in [0.3, 0.4) is 0 Å². The molecule has 0 fully saturated rings. The molecule has 2 aromatic heterocycles. The Balaban J connectivity index is 2.11. The molecule has 2 heterocycles. The maximum atomic E-state index is 4.41. The first-order chi connectivity index (χ1) is 8.61. The summed E-state index contributed by atoms with van der Waals surface area (Å²) in [5.41, 5.74) is 5.51. The van der Waals surface area contributed by atoms with Crippen LogP contribution in [0.4, 0.5) is 11.4 Å². The molecule has 0 aliphatic rings. The first kappa shape index (κ1) is 12.4. The number of hydrogen-bond acceptors (Lipinski definition) is 4. The van der Waals surface area contributed by atoms with E-state index in [9.17, 15) is 0 Å². The Hall–Kier alpha value is -2.04. The Morgan fingerprint density at radius 2 is 1.94 bits per heavy atom. The highest BCUT2D eigenvalue weighted by Gasteiger charge is 2.08. The lowest BCUT2D eigenvalue weighted by Gasteiger charge is -2.08. The lowest BCUT2D eigenvalue weighted by atomic mass is 10.2. The fourth-order valence-corrected chi connectivity index (χ4v) is 1.94. The van der Waals surface area contributed by atoms with Crippen LogP contribution >= 0.6 is 0 Å². The van der Waals surface area contributed by atoms with Crippen molar-refractivity contribution in [3.63, 3.8) is 0 Å². The molecule has 0 bridgehead atoms. The zero-order valence-electron chi connectivity index (χ0n) is 11.3. The molecule has 2 N–H and O–H groups in total. The van der Waals surface area contributed by atoms with Gasteiger partial charge in [-0.25, -0.2) is 0 Å². The van der Waals surface area contributed by atoms with Gasteiger partial charge in [0.2, 0.25) is 0 Å². The average Bonchev–Trinajstić information content (AvgIpc) is 2.61. The molecule has 0 amide bonds. The number of nitrogens with one attached hydrogen (secondary N) is 2. The third-order valence-electron chi connectivity index (χ3n) is 3.16. The van der Waals surface area contributed by atoms with Crippen molar-refractivity contribution in [1.82, 2.24) is 14.8 Å². The molecule has 0 spiro atoms. The predicted molar refractivity (Wildman–Crippen MR) is 73.8 cm³/mol. The predicted octanol–water partition coefficient (Wildman–Crippen LogP) is 2.09. The number of nitrogens with zero attached hydrogens (tertiary/aromatic N) is 3. The summed E-state index contributed by atoms with van der Waals surface area (Å²) >= 11 is 0. The van der Waals surface area contributed by atoms with E-state index in [1.807, 2.05) is 38.0 Å². The van der Waals surface area contributed by atoms with Crippen molar-refractivity contribution >= 4 is 11.4 Å². The minimum absolute atomic E-state index is 0.764. The van der Waals surface area contributed by atoms with Gasteiger partial charge in [0.25, 0.3) is 0 Å². The van der Waals surface area contributed by atoms with E-state index >= 15 is 0 Å². The Kier molecular flexibility index (Phi) is 3.50. The highest BCUT2D eigenvalue weighted by atomic mass is 15.3. The molecular weight excluding hydrogens is 226 g/mol. The molecule has 0 saturated heterocycles. The van der Waals surface area contributed by atoms with Gasteiger partial charge in [0.1, 0.15) is 0 Å². The second-order valence-corrected chi connectivity index (χ2v) is 4.34. The first-order valence-electron chi connectivity index (χ1n) is 5.97. The molecule has 18 heavy (non-hydrogen) atoms. The smallest absolute Gasteiger partial charge is 0.0646 e. The Morgan fingerprint density at radius 3 is 2.56 bits per heavy atom. The molecule has 2 aromatic rings. The minimum atomic E-state index is 0.764. The third kappa shape index (κ3) is 2.45. The van der Waals surface area contributed by atoms with Crippen LogP contribution in [0.1, 0.15) is 17.0 Å². The van der Waals surface area contributed by atoms with Gasteiger partial charge in [-0.15, -0.1) is 0 Å². The van der Waals surface area contributed by atoms with E-state index in [4.69, 9.17) is 0 Å². The fraction of sp³-hybridized carbons (Fsp3) is 0.385. The molecule has 5 nitrogen and oxygen atoms in total. The number of rotatable bonds is 4. The van der Waals surface area contributed by atoms with Crippen LogP contribution in [0.2, 0.25) is 0 Å². The fourth-order valence-electron chi connectivity index (χ4n) is 1.94. The summed E-state index contributed by atoms with van der Waals surface area (Å²) < 4.78 is 1.91. The number of pyridine rings is 1. The second kappa shape index (κ2) is 5.08. The highest BCUT2D eigenvalue weighted by Crippen LogP contribution is 2.16. The number of anilines is 2. The van der Waals surface area contributed by atoms with Crippen LogP contribution in [0.15, 0.2) is 18.5 Å². The quantitative estimate of drug-likeness (QED) is 0.866. The van der Waals surface area contributed by atoms with Gasteiger partial charge in [0.05, 0.1) is 29.5 Å². The van der Waals surface area contributed by atoms with Crippen molar-refractivity contribution in [1.29, 1.82) is 0 Å². The van der Waals surface area contributed by atoms with Gasteiger partial charge in [-0.1, -0.05) is 0 Å². The Labute approximate surface area is 107 Å². The van der Waals surface area contributed by atoms with Gasteiger partial charge < -0.3 is 10.6 Å². The summed E-state index contributed by atoms with van der Waals surface area (Å²) in [4.78, 5) is 4.17. The van der Waals surface area contributed by atoms with E-state index in [1.165, 1.54) is 11.3 Å². The normalized spacial score (nSPS) is 10.4. The maximum absolute atomic E-state index is 4.41. The number of hydrogen-bond donors (Lipinski definition) is 2. The van der Waals surface area contributed by atoms with Crippen LogP contribution in [0.25, 0.3) is 0 Å². The molecule has 5 heteroatoms. The van der Waals surface area contributed by atoms with Crippen molar-refractivity contribution in [3.05, 3.63) is 35.4 Å². The molecule has 0 aliphatic carbocycles. The molecule has 0 unspecified atom stereocenters. The van der Waals surface area contributed by atoms with Crippen LogP contribution in [0, 0.1) is 13.8 Å². The lowest BCUT2D eigenvalue weighted by Crippen LogP contribution is -2.03. The monoisotopic (exact) mass is 245 g/mol. The van der Waals surface area contributed by atoms with Crippen molar-refractivity contribution in [2.24, 2.45) is 7.05 Å².